The highest BCUT2D eigenvalue weighted by Crippen LogP contribution is 2.31. The molecule has 0 bridgehead atoms. The maximum absolute atomic E-state index is 12.1. The van der Waals surface area contributed by atoms with Gasteiger partial charge in [-0.15, -0.1) is 0 Å². The zero-order valence-electron chi connectivity index (χ0n) is 28.7. The van der Waals surface area contributed by atoms with Crippen molar-refractivity contribution in [3.63, 3.8) is 0 Å². The Morgan fingerprint density at radius 1 is 0.731 bits per heavy atom. The summed E-state index contributed by atoms with van der Waals surface area (Å²) in [7, 11) is 6.18. The van der Waals surface area contributed by atoms with E-state index in [0.717, 1.165) is 5.56 Å². The smallest absolute Gasteiger partial charge is 0.338 e. The van der Waals surface area contributed by atoms with E-state index in [1.807, 2.05) is 12.1 Å². The molecule has 0 radical (unpaired) electrons. The molecule has 52 heavy (non-hydrogen) atoms. The number of pyridine rings is 2. The Kier molecular flexibility index (Phi) is 10.8. The molecule has 0 aliphatic heterocycles. The summed E-state index contributed by atoms with van der Waals surface area (Å²) >= 11 is 5.99. The van der Waals surface area contributed by atoms with E-state index in [2.05, 4.69) is 40.8 Å². The molecule has 0 aliphatic carbocycles. The lowest BCUT2D eigenvalue weighted by Crippen LogP contribution is -2.05. The van der Waals surface area contributed by atoms with Gasteiger partial charge >= 0.3 is 5.97 Å². The Morgan fingerprint density at radius 3 is 1.87 bits per heavy atom. The fraction of sp³-hybridized carbons (Fsp3) is 0.171. The van der Waals surface area contributed by atoms with Crippen LogP contribution in [0.3, 0.4) is 0 Å². The zero-order chi connectivity index (χ0) is 36.6. The molecule has 266 valence electrons. The maximum atomic E-state index is 12.1. The molecule has 0 saturated carbocycles. The van der Waals surface area contributed by atoms with E-state index < -0.39 is 0 Å². The van der Waals surface area contributed by atoms with Crippen molar-refractivity contribution < 1.29 is 28.5 Å². The molecule has 16 nitrogen and oxygen atoms in total. The van der Waals surface area contributed by atoms with Crippen molar-refractivity contribution in [2.75, 3.05) is 45.7 Å². The summed E-state index contributed by atoms with van der Waals surface area (Å²) in [5.41, 5.74) is 4.54. The third kappa shape index (κ3) is 7.71. The van der Waals surface area contributed by atoms with E-state index in [1.54, 1.807) is 103 Å². The van der Waals surface area contributed by atoms with E-state index >= 15 is 0 Å². The minimum Gasteiger partial charge on any atom is -0.491 e. The number of ether oxygens (including phenoxy) is 5. The van der Waals surface area contributed by atoms with Crippen LogP contribution in [0.5, 0.6) is 23.3 Å². The van der Waals surface area contributed by atoms with Crippen LogP contribution in [0.2, 0.25) is 5.15 Å². The Morgan fingerprint density at radius 2 is 1.31 bits per heavy atom. The summed E-state index contributed by atoms with van der Waals surface area (Å²) in [6.45, 7) is 2.09. The number of rotatable bonds is 11. The molecule has 0 spiro atoms. The van der Waals surface area contributed by atoms with Gasteiger partial charge in [-0.25, -0.2) is 23.8 Å². The minimum atomic E-state index is -0.374. The van der Waals surface area contributed by atoms with Gasteiger partial charge in [-0.2, -0.15) is 20.2 Å². The van der Waals surface area contributed by atoms with Crippen molar-refractivity contribution in [1.82, 2.24) is 39.2 Å². The Balaban J connectivity index is 0.000000192. The van der Waals surface area contributed by atoms with Crippen molar-refractivity contribution >= 4 is 51.9 Å². The summed E-state index contributed by atoms with van der Waals surface area (Å²) in [6.07, 6.45) is 6.77. The average molecular weight is 725 g/mol. The second-order valence-corrected chi connectivity index (χ2v) is 11.0. The van der Waals surface area contributed by atoms with E-state index in [4.69, 9.17) is 35.3 Å². The molecule has 0 saturated heterocycles. The topological polar surface area (TPSA) is 173 Å². The van der Waals surface area contributed by atoms with Gasteiger partial charge in [0.25, 0.3) is 11.8 Å². The van der Waals surface area contributed by atoms with Crippen LogP contribution < -0.4 is 29.6 Å². The molecule has 0 unspecified atom stereocenters. The number of nitrogens with one attached hydrogen (secondary N) is 2. The molecule has 17 heteroatoms. The quantitative estimate of drug-likeness (QED) is 0.143. The molecule has 0 atom stereocenters. The lowest BCUT2D eigenvalue weighted by atomic mass is 10.1. The number of esters is 1. The van der Waals surface area contributed by atoms with Crippen molar-refractivity contribution in [1.29, 1.82) is 0 Å². The fourth-order valence-electron chi connectivity index (χ4n) is 5.02. The summed E-state index contributed by atoms with van der Waals surface area (Å²) in [6, 6.07) is 17.8. The number of benzene rings is 1. The van der Waals surface area contributed by atoms with Crippen molar-refractivity contribution in [2.45, 2.75) is 6.92 Å². The van der Waals surface area contributed by atoms with Crippen molar-refractivity contribution in [3.8, 4) is 34.5 Å². The number of fused-ring (bicyclic) bond motifs is 2. The molecule has 6 heterocycles. The molecule has 7 aromatic rings. The summed E-state index contributed by atoms with van der Waals surface area (Å²) in [5.74, 6) is 2.61. The van der Waals surface area contributed by atoms with Crippen LogP contribution in [0.1, 0.15) is 17.3 Å². The van der Waals surface area contributed by atoms with Gasteiger partial charge in [0.1, 0.15) is 11.6 Å². The lowest BCUT2D eigenvalue weighted by Gasteiger charge is -2.12. The van der Waals surface area contributed by atoms with E-state index in [9.17, 15) is 4.79 Å². The molecule has 1 aromatic carbocycles. The minimum absolute atomic E-state index is 0.314. The monoisotopic (exact) mass is 724 g/mol. The van der Waals surface area contributed by atoms with Gasteiger partial charge in [-0.05, 0) is 49.4 Å². The van der Waals surface area contributed by atoms with Crippen molar-refractivity contribution in [3.05, 3.63) is 96.2 Å². The van der Waals surface area contributed by atoms with Gasteiger partial charge in [-0.1, -0.05) is 23.7 Å². The van der Waals surface area contributed by atoms with Crippen LogP contribution in [-0.4, -0.2) is 80.2 Å². The maximum Gasteiger partial charge on any atom is 0.338 e. The number of carbonyl (C=O) groups excluding carboxylic acids is 1. The Labute approximate surface area is 302 Å². The highest BCUT2D eigenvalue weighted by atomic mass is 35.5. The molecule has 7 rings (SSSR count). The highest BCUT2D eigenvalue weighted by Gasteiger charge is 2.15. The predicted octanol–water partition coefficient (Wildman–Crippen LogP) is 6.27. The number of methoxy groups -OCH3 is 4. The first kappa shape index (κ1) is 35.2. The largest absolute Gasteiger partial charge is 0.491 e. The highest BCUT2D eigenvalue weighted by molar-refractivity contribution is 6.29. The molecular formula is C35H33ClN10O6. The van der Waals surface area contributed by atoms with Crippen LogP contribution in [0.4, 0.5) is 23.0 Å². The fourth-order valence-corrected chi connectivity index (χ4v) is 5.21. The van der Waals surface area contributed by atoms with Crippen LogP contribution >= 0.6 is 11.6 Å². The van der Waals surface area contributed by atoms with Crippen molar-refractivity contribution in [2.24, 2.45) is 0 Å². The molecule has 2 N–H and O–H groups in total. The van der Waals surface area contributed by atoms with E-state index in [0.29, 0.717) is 80.6 Å². The summed E-state index contributed by atoms with van der Waals surface area (Å²) < 4.78 is 29.2. The zero-order valence-corrected chi connectivity index (χ0v) is 29.5. The van der Waals surface area contributed by atoms with Gasteiger partial charge in [-0.3, -0.25) is 0 Å². The number of anilines is 4. The molecular weight excluding hydrogens is 692 g/mol. The first-order valence-electron chi connectivity index (χ1n) is 15.7. The number of aromatic nitrogens is 8. The number of hydrogen-bond acceptors (Lipinski definition) is 14. The molecule has 6 aromatic heterocycles. The van der Waals surface area contributed by atoms with Gasteiger partial charge in [0.05, 0.1) is 57.7 Å². The number of halogens is 1. The average Bonchev–Trinajstić information content (AvgIpc) is 3.85. The van der Waals surface area contributed by atoms with Crippen LogP contribution in [0, 0.1) is 0 Å². The number of carbonyl (C=O) groups is 1. The Hall–Kier alpha value is -6.68. The molecule has 0 amide bonds. The predicted molar refractivity (Wildman–Crippen MR) is 194 cm³/mol. The SMILES string of the molecule is CCOC(=O)c1cccc(-c2cc(Nc3ccc(OC)c(OC)n3)c3nccn3n2)c1.COc1ccc(Nc2cc(Cl)nn3ccnc23)nc1OC. The van der Waals surface area contributed by atoms with Crippen LogP contribution in [0.15, 0.2) is 85.5 Å². The van der Waals surface area contributed by atoms with Gasteiger partial charge in [0.2, 0.25) is 0 Å². The van der Waals surface area contributed by atoms with Gasteiger partial charge in [0, 0.05) is 36.4 Å². The Bertz CT molecular complexity index is 2350. The first-order chi connectivity index (χ1) is 25.3. The van der Waals surface area contributed by atoms with E-state index in [-0.39, 0.29) is 5.97 Å². The first-order valence-corrected chi connectivity index (χ1v) is 16.1. The van der Waals surface area contributed by atoms with Crippen LogP contribution in [-0.2, 0) is 4.74 Å². The molecule has 0 aliphatic rings. The number of hydrogen-bond donors (Lipinski definition) is 2. The van der Waals surface area contributed by atoms with Gasteiger partial charge < -0.3 is 34.3 Å². The summed E-state index contributed by atoms with van der Waals surface area (Å²) in [4.78, 5) is 29.5. The molecule has 0 fully saturated rings. The normalized spacial score (nSPS) is 10.7. The lowest BCUT2D eigenvalue weighted by molar-refractivity contribution is 0.0526. The van der Waals surface area contributed by atoms with Gasteiger partial charge in [0.15, 0.2) is 27.9 Å². The number of imidazole rings is 2. The second-order valence-electron chi connectivity index (χ2n) is 10.6. The standard InChI is InChI=1S/C22H21N5O4.C13H12ClN5O2/c1-4-31-22(28)15-7-5-6-14(12-15)16-13-17(20-23-10-11-27(20)26-16)24-19-9-8-18(29-2)21(25-19)30-3;1-20-9-3-4-11(17-13(9)21-2)16-8-7-10(14)18-19-6-5-15-12(8)19/h5-13H,4H2,1-3H3,(H,24,25);3-7H,1-2H3,(H,16,17). The summed E-state index contributed by atoms with van der Waals surface area (Å²) in [5, 5.41) is 15.5. The second kappa shape index (κ2) is 15.9. The van der Waals surface area contributed by atoms with E-state index in [1.165, 1.54) is 14.2 Å². The third-order valence-electron chi connectivity index (χ3n) is 7.36. The number of nitrogens with zero attached hydrogens (tertiary/aromatic N) is 8. The third-order valence-corrected chi connectivity index (χ3v) is 7.55. The van der Waals surface area contributed by atoms with Crippen LogP contribution in [0.25, 0.3) is 22.6 Å².